The molecule has 4 rings (SSSR count). The van der Waals surface area contributed by atoms with Crippen molar-refractivity contribution in [2.75, 3.05) is 20.2 Å². The first kappa shape index (κ1) is 20.3. The van der Waals surface area contributed by atoms with Crippen molar-refractivity contribution in [1.82, 2.24) is 24.4 Å². The molecule has 1 fully saturated rings. The molecule has 1 atom stereocenters. The lowest BCUT2D eigenvalue weighted by atomic mass is 10.1. The summed E-state index contributed by atoms with van der Waals surface area (Å²) in [5, 5.41) is 0.241. The second kappa shape index (κ2) is 7.71. The lowest BCUT2D eigenvalue weighted by Gasteiger charge is -2.18. The van der Waals surface area contributed by atoms with Crippen LogP contribution < -0.4 is 0 Å². The van der Waals surface area contributed by atoms with E-state index in [9.17, 15) is 4.79 Å². The summed E-state index contributed by atoms with van der Waals surface area (Å²) in [6, 6.07) is 3.13. The molecule has 0 radical (unpaired) electrons. The van der Waals surface area contributed by atoms with E-state index < -0.39 is 5.82 Å². The molecule has 2 aromatic heterocycles. The number of imidazole rings is 1. The zero-order valence-corrected chi connectivity index (χ0v) is 17.6. The molecule has 1 aliphatic heterocycles. The molecule has 0 unspecified atom stereocenters. The van der Waals surface area contributed by atoms with E-state index in [2.05, 4.69) is 15.0 Å². The number of nitrogens with zero attached hydrogens (tertiary/aromatic N) is 5. The zero-order valence-electron chi connectivity index (χ0n) is 16.8. The molecule has 1 N–H and O–H groups in total. The number of fused-ring (bicyclic) bond motifs is 1. The summed E-state index contributed by atoms with van der Waals surface area (Å²) >= 11 is 6.20. The molecule has 1 amide bonds. The predicted octanol–water partition coefficient (Wildman–Crippen LogP) is 5.11. The van der Waals surface area contributed by atoms with Crippen LogP contribution in [-0.4, -0.2) is 50.7 Å². The van der Waals surface area contributed by atoms with Gasteiger partial charge in [0, 0.05) is 36.7 Å². The van der Waals surface area contributed by atoms with Crippen LogP contribution in [0, 0.1) is 5.82 Å². The maximum Gasteiger partial charge on any atom is 0.409 e. The van der Waals surface area contributed by atoms with Gasteiger partial charge >= 0.3 is 6.09 Å². The number of hydrogen-bond donors (Lipinski definition) is 0. The summed E-state index contributed by atoms with van der Waals surface area (Å²) in [7, 11) is 1.36. The molecule has 0 spiro atoms. The van der Waals surface area contributed by atoms with Crippen LogP contribution >= 0.6 is 11.6 Å². The number of halogens is 2. The molecule has 3 heterocycles. The number of carbonyl (C=O) groups is 1. The molecule has 3 aromatic rings. The van der Waals surface area contributed by atoms with Crippen LogP contribution in [0.1, 0.15) is 38.1 Å². The normalized spacial score (nSPS) is 16.6. The van der Waals surface area contributed by atoms with E-state index in [4.69, 9.17) is 22.1 Å². The van der Waals surface area contributed by atoms with E-state index in [0.717, 1.165) is 12.2 Å². The maximum atomic E-state index is 15.1. The van der Waals surface area contributed by atoms with Crippen molar-refractivity contribution in [3.05, 3.63) is 40.7 Å². The summed E-state index contributed by atoms with van der Waals surface area (Å²) in [5.74, 6) is 0.0237. The van der Waals surface area contributed by atoms with E-state index in [1.165, 1.54) is 19.4 Å². The SMILES string of the molecule is COC(=O)N1CC[C@H](c2nc3c(F)cc(-c4nc([NH-])ncc4Cl)cc3n2C(C)C)C1. The third kappa shape index (κ3) is 3.43. The number of carbonyl (C=O) groups excluding carboxylic acids is 1. The lowest BCUT2D eigenvalue weighted by Crippen LogP contribution is -2.28. The Hall–Kier alpha value is -2.94. The number of amides is 1. The number of aromatic nitrogens is 4. The first-order chi connectivity index (χ1) is 14.3. The van der Waals surface area contributed by atoms with E-state index in [1.54, 1.807) is 11.0 Å². The van der Waals surface area contributed by atoms with E-state index in [1.807, 2.05) is 18.4 Å². The number of methoxy groups -OCH3 is 1. The van der Waals surface area contributed by atoms with Gasteiger partial charge in [-0.25, -0.2) is 14.2 Å². The Kier molecular flexibility index (Phi) is 5.23. The van der Waals surface area contributed by atoms with Crippen molar-refractivity contribution in [3.63, 3.8) is 0 Å². The largest absolute Gasteiger partial charge is 0.453 e. The van der Waals surface area contributed by atoms with Crippen molar-refractivity contribution in [3.8, 4) is 11.3 Å². The van der Waals surface area contributed by atoms with Crippen LogP contribution in [0.2, 0.25) is 5.02 Å². The second-order valence-electron chi connectivity index (χ2n) is 7.55. The molecule has 1 aromatic carbocycles. The fourth-order valence-electron chi connectivity index (χ4n) is 3.97. The third-order valence-electron chi connectivity index (χ3n) is 5.30. The van der Waals surface area contributed by atoms with Crippen molar-refractivity contribution < 1.29 is 13.9 Å². The first-order valence-electron chi connectivity index (χ1n) is 9.59. The van der Waals surface area contributed by atoms with Gasteiger partial charge in [-0.3, -0.25) is 0 Å². The van der Waals surface area contributed by atoms with Gasteiger partial charge in [-0.1, -0.05) is 11.6 Å². The van der Waals surface area contributed by atoms with Crippen LogP contribution in [-0.2, 0) is 4.74 Å². The van der Waals surface area contributed by atoms with Gasteiger partial charge in [0.1, 0.15) is 11.3 Å². The smallest absolute Gasteiger partial charge is 0.409 e. The maximum absolute atomic E-state index is 15.1. The molecule has 0 saturated carbocycles. The molecule has 1 aliphatic rings. The van der Waals surface area contributed by atoms with Crippen LogP contribution in [0.3, 0.4) is 0 Å². The van der Waals surface area contributed by atoms with E-state index >= 15 is 4.39 Å². The average Bonchev–Trinajstić information content (AvgIpc) is 3.34. The lowest BCUT2D eigenvalue weighted by molar-refractivity contribution is 0.132. The molecule has 30 heavy (non-hydrogen) atoms. The Morgan fingerprint density at radius 2 is 2.13 bits per heavy atom. The predicted molar refractivity (Wildman–Crippen MR) is 111 cm³/mol. The van der Waals surface area contributed by atoms with Crippen LogP contribution in [0.4, 0.5) is 15.1 Å². The zero-order chi connectivity index (χ0) is 21.6. The Balaban J connectivity index is 1.84. The van der Waals surface area contributed by atoms with Crippen LogP contribution in [0.5, 0.6) is 0 Å². The number of ether oxygens (including phenoxy) is 1. The standard InChI is InChI=1S/C20H21ClFN6O2/c1-10(2)28-15-7-12(16-13(21)8-24-19(23)26-16)6-14(22)17(15)25-18(28)11-4-5-27(9-11)20(29)30-3/h6-8,10-11H,4-5,9H2,1-3H3,(H-,23,24,26)/q-1/t11-/m0/s1. The summed E-state index contributed by atoms with van der Waals surface area (Å²) in [5.41, 5.74) is 9.29. The summed E-state index contributed by atoms with van der Waals surface area (Å²) in [4.78, 5) is 25.9. The second-order valence-corrected chi connectivity index (χ2v) is 7.96. The van der Waals surface area contributed by atoms with Crippen LogP contribution in [0.15, 0.2) is 18.3 Å². The minimum Gasteiger partial charge on any atom is -0.453 e. The highest BCUT2D eigenvalue weighted by Crippen LogP contribution is 2.36. The topological polar surface area (TPSA) is 96.9 Å². The summed E-state index contributed by atoms with van der Waals surface area (Å²) in [6.45, 7) is 5.04. The van der Waals surface area contributed by atoms with Crippen molar-refractivity contribution >= 4 is 34.7 Å². The fourth-order valence-corrected chi connectivity index (χ4v) is 4.17. The highest BCUT2D eigenvalue weighted by molar-refractivity contribution is 6.33. The number of nitrogens with one attached hydrogen (secondary N) is 1. The van der Waals surface area contributed by atoms with Gasteiger partial charge in [0.25, 0.3) is 0 Å². The minimum atomic E-state index is -0.493. The molecule has 0 aliphatic carbocycles. The molecular formula is C20H21ClFN6O2-. The Labute approximate surface area is 177 Å². The van der Waals surface area contributed by atoms with Crippen molar-refractivity contribution in [1.29, 1.82) is 0 Å². The van der Waals surface area contributed by atoms with Gasteiger partial charge in [-0.2, -0.15) is 0 Å². The Bertz CT molecular complexity index is 1130. The van der Waals surface area contributed by atoms with Crippen molar-refractivity contribution in [2.24, 2.45) is 0 Å². The first-order valence-corrected chi connectivity index (χ1v) is 9.96. The number of hydrogen-bond acceptors (Lipinski definition) is 5. The van der Waals surface area contributed by atoms with Gasteiger partial charge in [0.2, 0.25) is 0 Å². The Morgan fingerprint density at radius 3 is 2.83 bits per heavy atom. The van der Waals surface area contributed by atoms with Gasteiger partial charge in [0.15, 0.2) is 5.82 Å². The van der Waals surface area contributed by atoms with Gasteiger partial charge < -0.3 is 29.9 Å². The number of benzene rings is 1. The summed E-state index contributed by atoms with van der Waals surface area (Å²) < 4.78 is 21.9. The van der Waals surface area contributed by atoms with Gasteiger partial charge in [0.05, 0.1) is 17.6 Å². The molecule has 1 saturated heterocycles. The molecule has 0 bridgehead atoms. The van der Waals surface area contributed by atoms with Gasteiger partial charge in [-0.15, -0.1) is 0 Å². The number of rotatable bonds is 3. The summed E-state index contributed by atoms with van der Waals surface area (Å²) in [6.07, 6.45) is 1.68. The molecule has 10 heteroatoms. The molecule has 158 valence electrons. The quantitative estimate of drug-likeness (QED) is 0.574. The monoisotopic (exact) mass is 431 g/mol. The highest BCUT2D eigenvalue weighted by atomic mass is 35.5. The van der Waals surface area contributed by atoms with E-state index in [-0.39, 0.29) is 34.5 Å². The minimum absolute atomic E-state index is 0.0134. The fraction of sp³-hybridized carbons (Fsp3) is 0.400. The number of likely N-dealkylation sites (tertiary alicyclic amines) is 1. The third-order valence-corrected chi connectivity index (χ3v) is 5.57. The van der Waals surface area contributed by atoms with E-state index in [0.29, 0.717) is 29.9 Å². The average molecular weight is 432 g/mol. The van der Waals surface area contributed by atoms with Gasteiger partial charge in [-0.05, 0) is 44.2 Å². The molecular weight excluding hydrogens is 411 g/mol. The Morgan fingerprint density at radius 1 is 1.37 bits per heavy atom. The van der Waals surface area contributed by atoms with Crippen LogP contribution in [0.25, 0.3) is 28.0 Å². The highest BCUT2D eigenvalue weighted by Gasteiger charge is 2.32. The van der Waals surface area contributed by atoms with Crippen molar-refractivity contribution in [2.45, 2.75) is 32.2 Å². The molecule has 8 nitrogen and oxygen atoms in total.